The van der Waals surface area contributed by atoms with Crippen LogP contribution in [0, 0.1) is 12.8 Å². The Morgan fingerprint density at radius 2 is 1.74 bits per heavy atom. The van der Waals surface area contributed by atoms with Crippen molar-refractivity contribution in [3.05, 3.63) is 65.5 Å². The lowest BCUT2D eigenvalue weighted by Gasteiger charge is -2.22. The molecule has 8 nitrogen and oxygen atoms in total. The van der Waals surface area contributed by atoms with Crippen LogP contribution in [0.5, 0.6) is 5.75 Å². The molecule has 0 aliphatic heterocycles. The van der Waals surface area contributed by atoms with Gasteiger partial charge in [0.25, 0.3) is 5.91 Å². The Hall–Kier alpha value is -3.33. The highest BCUT2D eigenvalue weighted by molar-refractivity contribution is 7.99. The van der Waals surface area contributed by atoms with Crippen LogP contribution in [0.25, 0.3) is 0 Å². The van der Waals surface area contributed by atoms with E-state index in [1.165, 1.54) is 11.8 Å². The Labute approximate surface area is 204 Å². The SMILES string of the molecule is CCn1c(SCC(=O)Nc2ccc(C)cc2)nnc1[C@@H](NC(=O)c1ccc(OC)cc1)C(C)C. The third-order valence-corrected chi connectivity index (χ3v) is 6.28. The number of hydrogen-bond donors (Lipinski definition) is 2. The Morgan fingerprint density at radius 3 is 2.32 bits per heavy atom. The van der Waals surface area contributed by atoms with Gasteiger partial charge in [-0.25, -0.2) is 0 Å². The molecule has 0 fully saturated rings. The molecule has 1 atom stereocenters. The minimum Gasteiger partial charge on any atom is -0.497 e. The van der Waals surface area contributed by atoms with E-state index in [9.17, 15) is 9.59 Å². The van der Waals surface area contributed by atoms with Crippen molar-refractivity contribution in [2.24, 2.45) is 5.92 Å². The highest BCUT2D eigenvalue weighted by atomic mass is 32.2. The molecule has 0 aliphatic carbocycles. The standard InChI is InChI=1S/C25H31N5O3S/c1-6-30-23(22(16(2)3)27-24(32)18-9-13-20(33-5)14-10-18)28-29-25(30)34-15-21(31)26-19-11-7-17(4)8-12-19/h7-14,16,22H,6,15H2,1-5H3,(H,26,31)(H,27,32)/t22-/m0/s1. The van der Waals surface area contributed by atoms with Crippen LogP contribution in [0.3, 0.4) is 0 Å². The molecule has 0 aliphatic rings. The van der Waals surface area contributed by atoms with E-state index in [2.05, 4.69) is 20.8 Å². The molecule has 2 N–H and O–H groups in total. The van der Waals surface area contributed by atoms with Crippen LogP contribution in [0.4, 0.5) is 5.69 Å². The van der Waals surface area contributed by atoms with Crippen LogP contribution < -0.4 is 15.4 Å². The van der Waals surface area contributed by atoms with E-state index in [4.69, 9.17) is 4.74 Å². The number of anilines is 1. The van der Waals surface area contributed by atoms with E-state index in [1.807, 2.05) is 56.5 Å². The lowest BCUT2D eigenvalue weighted by atomic mass is 10.0. The molecular formula is C25H31N5O3S. The number of ether oxygens (including phenoxy) is 1. The Balaban J connectivity index is 1.69. The minimum atomic E-state index is -0.335. The lowest BCUT2D eigenvalue weighted by Crippen LogP contribution is -2.33. The van der Waals surface area contributed by atoms with Crippen molar-refractivity contribution in [2.75, 3.05) is 18.2 Å². The first-order chi connectivity index (χ1) is 16.3. The van der Waals surface area contributed by atoms with Crippen LogP contribution in [-0.2, 0) is 11.3 Å². The molecule has 0 saturated heterocycles. The number of aryl methyl sites for hydroxylation is 1. The first kappa shape index (κ1) is 25.3. The maximum absolute atomic E-state index is 12.9. The Bertz CT molecular complexity index is 1110. The van der Waals surface area contributed by atoms with Gasteiger partial charge in [0.05, 0.1) is 18.9 Å². The summed E-state index contributed by atoms with van der Waals surface area (Å²) in [5.74, 6) is 1.33. The van der Waals surface area contributed by atoms with Crippen molar-refractivity contribution in [2.45, 2.75) is 45.4 Å². The number of hydrogen-bond acceptors (Lipinski definition) is 6. The van der Waals surface area contributed by atoms with E-state index < -0.39 is 0 Å². The summed E-state index contributed by atoms with van der Waals surface area (Å²) >= 11 is 1.32. The van der Waals surface area contributed by atoms with Crippen LogP contribution in [0.15, 0.2) is 53.7 Å². The van der Waals surface area contributed by atoms with Gasteiger partial charge >= 0.3 is 0 Å². The van der Waals surface area contributed by atoms with Crippen molar-refractivity contribution in [3.63, 3.8) is 0 Å². The summed E-state index contributed by atoms with van der Waals surface area (Å²) in [5.41, 5.74) is 2.43. The highest BCUT2D eigenvalue weighted by Gasteiger charge is 2.26. The predicted molar refractivity (Wildman–Crippen MR) is 134 cm³/mol. The van der Waals surface area contributed by atoms with Crippen molar-refractivity contribution >= 4 is 29.3 Å². The summed E-state index contributed by atoms with van der Waals surface area (Å²) in [6, 6.07) is 14.3. The van der Waals surface area contributed by atoms with Gasteiger partial charge in [0, 0.05) is 17.8 Å². The summed E-state index contributed by atoms with van der Waals surface area (Å²) in [4.78, 5) is 25.3. The quantitative estimate of drug-likeness (QED) is 0.415. The number of methoxy groups -OCH3 is 1. The molecule has 0 spiro atoms. The number of carbonyl (C=O) groups excluding carboxylic acids is 2. The number of carbonyl (C=O) groups is 2. The fraction of sp³-hybridized carbons (Fsp3) is 0.360. The summed E-state index contributed by atoms with van der Waals surface area (Å²) in [6.45, 7) is 8.66. The van der Waals surface area contributed by atoms with E-state index in [0.717, 1.165) is 11.3 Å². The molecule has 3 aromatic rings. The van der Waals surface area contributed by atoms with E-state index in [1.54, 1.807) is 31.4 Å². The average Bonchev–Trinajstić information content (AvgIpc) is 3.24. The Kier molecular flexibility index (Phi) is 8.70. The van der Waals surface area contributed by atoms with Crippen molar-refractivity contribution < 1.29 is 14.3 Å². The third-order valence-electron chi connectivity index (χ3n) is 5.31. The van der Waals surface area contributed by atoms with Gasteiger partial charge in [-0.05, 0) is 56.2 Å². The first-order valence-corrected chi connectivity index (χ1v) is 12.2. The van der Waals surface area contributed by atoms with Gasteiger partial charge in [-0.1, -0.05) is 43.3 Å². The van der Waals surface area contributed by atoms with Crippen LogP contribution in [0.1, 0.15) is 48.6 Å². The number of amides is 2. The molecular weight excluding hydrogens is 450 g/mol. The predicted octanol–water partition coefficient (Wildman–Crippen LogP) is 4.47. The molecule has 0 saturated carbocycles. The number of benzene rings is 2. The van der Waals surface area contributed by atoms with Gasteiger partial charge in [-0.3, -0.25) is 9.59 Å². The molecule has 180 valence electrons. The summed E-state index contributed by atoms with van der Waals surface area (Å²) in [6.07, 6.45) is 0. The van der Waals surface area contributed by atoms with Crippen molar-refractivity contribution in [3.8, 4) is 5.75 Å². The molecule has 9 heteroatoms. The number of aromatic nitrogens is 3. The Morgan fingerprint density at radius 1 is 1.06 bits per heavy atom. The maximum atomic E-state index is 12.9. The third kappa shape index (κ3) is 6.38. The van der Waals surface area contributed by atoms with E-state index in [0.29, 0.717) is 28.8 Å². The fourth-order valence-corrected chi connectivity index (χ4v) is 4.20. The topological polar surface area (TPSA) is 98.1 Å². The second-order valence-electron chi connectivity index (χ2n) is 8.21. The van der Waals surface area contributed by atoms with Crippen LogP contribution >= 0.6 is 11.8 Å². The molecule has 2 aromatic carbocycles. The molecule has 0 radical (unpaired) electrons. The molecule has 34 heavy (non-hydrogen) atoms. The molecule has 3 rings (SSSR count). The van der Waals surface area contributed by atoms with Crippen molar-refractivity contribution in [1.29, 1.82) is 0 Å². The second-order valence-corrected chi connectivity index (χ2v) is 9.15. The zero-order chi connectivity index (χ0) is 24.7. The maximum Gasteiger partial charge on any atom is 0.251 e. The highest BCUT2D eigenvalue weighted by Crippen LogP contribution is 2.26. The summed E-state index contributed by atoms with van der Waals surface area (Å²) < 4.78 is 7.11. The zero-order valence-electron chi connectivity index (χ0n) is 20.2. The van der Waals surface area contributed by atoms with Gasteiger partial charge in [-0.2, -0.15) is 0 Å². The normalized spacial score (nSPS) is 11.8. The number of thioether (sulfide) groups is 1. The van der Waals surface area contributed by atoms with E-state index >= 15 is 0 Å². The van der Waals surface area contributed by atoms with Gasteiger partial charge in [0.2, 0.25) is 5.91 Å². The van der Waals surface area contributed by atoms with Gasteiger partial charge in [0.1, 0.15) is 5.75 Å². The minimum absolute atomic E-state index is 0.0828. The number of rotatable bonds is 10. The zero-order valence-corrected chi connectivity index (χ0v) is 21.0. The van der Waals surface area contributed by atoms with Gasteiger partial charge in [0.15, 0.2) is 11.0 Å². The second kappa shape index (κ2) is 11.7. The molecule has 1 aromatic heterocycles. The average molecular weight is 482 g/mol. The summed E-state index contributed by atoms with van der Waals surface area (Å²) in [5, 5.41) is 15.3. The summed E-state index contributed by atoms with van der Waals surface area (Å²) in [7, 11) is 1.59. The largest absolute Gasteiger partial charge is 0.497 e. The fourth-order valence-electron chi connectivity index (χ4n) is 3.39. The van der Waals surface area contributed by atoms with Gasteiger partial charge < -0.3 is 19.9 Å². The van der Waals surface area contributed by atoms with Crippen LogP contribution in [-0.4, -0.2) is 39.4 Å². The molecule has 2 amide bonds. The van der Waals surface area contributed by atoms with Gasteiger partial charge in [-0.15, -0.1) is 10.2 Å². The lowest BCUT2D eigenvalue weighted by molar-refractivity contribution is -0.113. The first-order valence-electron chi connectivity index (χ1n) is 11.2. The van der Waals surface area contributed by atoms with Crippen LogP contribution in [0.2, 0.25) is 0 Å². The van der Waals surface area contributed by atoms with E-state index in [-0.39, 0.29) is 29.5 Å². The number of nitrogens with one attached hydrogen (secondary N) is 2. The monoisotopic (exact) mass is 481 g/mol. The smallest absolute Gasteiger partial charge is 0.251 e. The van der Waals surface area contributed by atoms with Crippen molar-refractivity contribution in [1.82, 2.24) is 20.1 Å². The molecule has 0 unspecified atom stereocenters. The number of nitrogens with zero attached hydrogens (tertiary/aromatic N) is 3. The molecule has 1 heterocycles. The molecule has 0 bridgehead atoms.